The zero-order chi connectivity index (χ0) is 35.1. The molecule has 2 heterocycles. The third-order valence-electron chi connectivity index (χ3n) is 9.95. The maximum absolute atomic E-state index is 5.09. The van der Waals surface area contributed by atoms with Crippen molar-refractivity contribution in [1.29, 1.82) is 0 Å². The Labute approximate surface area is 311 Å². The van der Waals surface area contributed by atoms with Crippen LogP contribution in [0.25, 0.3) is 98.5 Å². The highest BCUT2D eigenvalue weighted by Crippen LogP contribution is 2.40. The standard InChI is InChI=1S/C49H31N3S/c1-2-10-32(11-3-1)39-14-8-15-41(31-39)49-51-47(36-25-20-34(21-26-36)40-29-22-33-12-4-5-13-38(33)30-40)50-48(52-49)37-27-23-35(24-28-37)42-17-9-19-45-46(42)43-16-6-7-18-44(43)53-45/h1-31H. The topological polar surface area (TPSA) is 38.7 Å². The fourth-order valence-corrected chi connectivity index (χ4v) is 8.36. The first kappa shape index (κ1) is 31.0. The highest BCUT2D eigenvalue weighted by atomic mass is 32.1. The summed E-state index contributed by atoms with van der Waals surface area (Å²) in [6, 6.07) is 66.4. The minimum atomic E-state index is 0.638. The number of aromatic nitrogens is 3. The fourth-order valence-electron chi connectivity index (χ4n) is 7.23. The molecule has 0 fully saturated rings. The molecular weight excluding hydrogens is 663 g/mol. The molecule has 0 saturated carbocycles. The van der Waals surface area contributed by atoms with Crippen molar-refractivity contribution in [2.24, 2.45) is 0 Å². The molecule has 0 radical (unpaired) electrons. The molecule has 0 saturated heterocycles. The summed E-state index contributed by atoms with van der Waals surface area (Å²) in [6.07, 6.45) is 0. The van der Waals surface area contributed by atoms with Crippen LogP contribution < -0.4 is 0 Å². The van der Waals surface area contributed by atoms with Crippen LogP contribution in [0.5, 0.6) is 0 Å². The van der Waals surface area contributed by atoms with Crippen molar-refractivity contribution < 1.29 is 0 Å². The van der Waals surface area contributed by atoms with E-state index in [0.29, 0.717) is 17.5 Å². The van der Waals surface area contributed by atoms with Crippen molar-refractivity contribution in [3.63, 3.8) is 0 Å². The summed E-state index contributed by atoms with van der Waals surface area (Å²) in [5, 5.41) is 5.06. The van der Waals surface area contributed by atoms with Gasteiger partial charge in [0.15, 0.2) is 17.5 Å². The lowest BCUT2D eigenvalue weighted by Crippen LogP contribution is -2.00. The van der Waals surface area contributed by atoms with Gasteiger partial charge < -0.3 is 0 Å². The number of fused-ring (bicyclic) bond motifs is 4. The Morgan fingerprint density at radius 1 is 0.302 bits per heavy atom. The van der Waals surface area contributed by atoms with E-state index in [4.69, 9.17) is 15.0 Å². The van der Waals surface area contributed by atoms with Crippen LogP contribution in [0.2, 0.25) is 0 Å². The lowest BCUT2D eigenvalue weighted by Gasteiger charge is -2.11. The van der Waals surface area contributed by atoms with Gasteiger partial charge in [-0.2, -0.15) is 0 Å². The van der Waals surface area contributed by atoms with Crippen molar-refractivity contribution in [3.8, 4) is 67.5 Å². The summed E-state index contributed by atoms with van der Waals surface area (Å²) in [5.41, 5.74) is 9.80. The molecule has 53 heavy (non-hydrogen) atoms. The Balaban J connectivity index is 1.06. The van der Waals surface area contributed by atoms with Gasteiger partial charge in [0.2, 0.25) is 0 Å². The van der Waals surface area contributed by atoms with Crippen LogP contribution in [0.4, 0.5) is 0 Å². The summed E-state index contributed by atoms with van der Waals surface area (Å²) in [5.74, 6) is 1.91. The minimum absolute atomic E-state index is 0.638. The summed E-state index contributed by atoms with van der Waals surface area (Å²) >= 11 is 1.84. The zero-order valence-corrected chi connectivity index (χ0v) is 29.5. The van der Waals surface area contributed by atoms with Crippen LogP contribution in [-0.4, -0.2) is 15.0 Å². The second kappa shape index (κ2) is 13.1. The van der Waals surface area contributed by atoms with Crippen molar-refractivity contribution in [2.45, 2.75) is 0 Å². The maximum atomic E-state index is 5.09. The number of hydrogen-bond donors (Lipinski definition) is 0. The molecule has 0 aliphatic heterocycles. The maximum Gasteiger partial charge on any atom is 0.164 e. The lowest BCUT2D eigenvalue weighted by molar-refractivity contribution is 1.07. The molecule has 10 rings (SSSR count). The van der Waals surface area contributed by atoms with Gasteiger partial charge in [-0.1, -0.05) is 164 Å². The highest BCUT2D eigenvalue weighted by molar-refractivity contribution is 7.25. The van der Waals surface area contributed by atoms with Crippen LogP contribution >= 0.6 is 11.3 Å². The fraction of sp³-hybridized carbons (Fsp3) is 0. The second-order valence-electron chi connectivity index (χ2n) is 13.2. The van der Waals surface area contributed by atoms with Crippen LogP contribution in [0.15, 0.2) is 188 Å². The van der Waals surface area contributed by atoms with Crippen molar-refractivity contribution >= 4 is 42.3 Å². The predicted molar refractivity (Wildman–Crippen MR) is 223 cm³/mol. The largest absolute Gasteiger partial charge is 0.208 e. The summed E-state index contributed by atoms with van der Waals surface area (Å²) in [4.78, 5) is 15.3. The van der Waals surface area contributed by atoms with Crippen molar-refractivity contribution in [2.75, 3.05) is 0 Å². The Hall–Kier alpha value is -6.75. The van der Waals surface area contributed by atoms with E-state index in [1.54, 1.807) is 0 Å². The van der Waals surface area contributed by atoms with Gasteiger partial charge in [0.1, 0.15) is 0 Å². The van der Waals surface area contributed by atoms with Crippen molar-refractivity contribution in [3.05, 3.63) is 188 Å². The van der Waals surface area contributed by atoms with Crippen LogP contribution in [0.3, 0.4) is 0 Å². The molecule has 10 aromatic rings. The Morgan fingerprint density at radius 3 is 1.58 bits per heavy atom. The van der Waals surface area contributed by atoms with Gasteiger partial charge in [0.05, 0.1) is 0 Å². The molecule has 0 unspecified atom stereocenters. The molecule has 0 aliphatic rings. The Kier molecular flexibility index (Phi) is 7.67. The molecule has 4 heteroatoms. The Bertz CT molecular complexity index is 2930. The predicted octanol–water partition coefficient (Wildman–Crippen LogP) is 13.4. The van der Waals surface area contributed by atoms with E-state index in [1.807, 2.05) is 17.4 Å². The molecule has 0 amide bonds. The third kappa shape index (κ3) is 5.85. The van der Waals surface area contributed by atoms with Gasteiger partial charge in [-0.05, 0) is 68.4 Å². The van der Waals surface area contributed by atoms with Gasteiger partial charge in [-0.3, -0.25) is 0 Å². The lowest BCUT2D eigenvalue weighted by atomic mass is 9.98. The first-order valence-corrected chi connectivity index (χ1v) is 18.6. The smallest absolute Gasteiger partial charge is 0.164 e. The SMILES string of the molecule is c1ccc(-c2cccc(-c3nc(-c4ccc(-c5ccc6ccccc6c5)cc4)nc(-c4ccc(-c5cccc6sc7ccccc7c56)cc4)n3)c2)cc1. The second-order valence-corrected chi connectivity index (χ2v) is 14.3. The summed E-state index contributed by atoms with van der Waals surface area (Å²) in [7, 11) is 0. The summed E-state index contributed by atoms with van der Waals surface area (Å²) < 4.78 is 2.60. The molecule has 3 nitrogen and oxygen atoms in total. The van der Waals surface area contributed by atoms with Crippen LogP contribution in [-0.2, 0) is 0 Å². The van der Waals surface area contributed by atoms with Crippen LogP contribution in [0, 0.1) is 0 Å². The molecule has 2 aromatic heterocycles. The van der Waals surface area contributed by atoms with E-state index >= 15 is 0 Å². The normalized spacial score (nSPS) is 11.4. The number of rotatable bonds is 6. The number of thiophene rings is 1. The van der Waals surface area contributed by atoms with Gasteiger partial charge in [-0.15, -0.1) is 11.3 Å². The summed E-state index contributed by atoms with van der Waals surface area (Å²) in [6.45, 7) is 0. The van der Waals surface area contributed by atoms with E-state index in [0.717, 1.165) is 38.9 Å². The monoisotopic (exact) mass is 693 g/mol. The van der Waals surface area contributed by atoms with Gasteiger partial charge in [-0.25, -0.2) is 15.0 Å². The molecule has 248 valence electrons. The van der Waals surface area contributed by atoms with Gasteiger partial charge in [0.25, 0.3) is 0 Å². The Morgan fingerprint density at radius 2 is 0.811 bits per heavy atom. The first-order chi connectivity index (χ1) is 26.2. The first-order valence-electron chi connectivity index (χ1n) is 17.8. The van der Waals surface area contributed by atoms with Crippen LogP contribution in [0.1, 0.15) is 0 Å². The number of hydrogen-bond acceptors (Lipinski definition) is 4. The van der Waals surface area contributed by atoms with E-state index in [2.05, 4.69) is 182 Å². The quantitative estimate of drug-likeness (QED) is 0.174. The average Bonchev–Trinajstić information content (AvgIpc) is 3.63. The number of benzene rings is 8. The molecule has 0 N–H and O–H groups in total. The third-order valence-corrected chi connectivity index (χ3v) is 11.1. The molecule has 0 aliphatic carbocycles. The van der Waals surface area contributed by atoms with E-state index in [-0.39, 0.29) is 0 Å². The molecule has 8 aromatic carbocycles. The van der Waals surface area contributed by atoms with E-state index < -0.39 is 0 Å². The van der Waals surface area contributed by atoms with E-state index in [9.17, 15) is 0 Å². The van der Waals surface area contributed by atoms with Crippen molar-refractivity contribution in [1.82, 2.24) is 15.0 Å². The minimum Gasteiger partial charge on any atom is -0.208 e. The molecule has 0 bridgehead atoms. The number of nitrogens with zero attached hydrogens (tertiary/aromatic N) is 3. The van der Waals surface area contributed by atoms with Gasteiger partial charge in [0, 0.05) is 36.9 Å². The molecular formula is C49H31N3S. The molecule has 0 atom stereocenters. The van der Waals surface area contributed by atoms with E-state index in [1.165, 1.54) is 42.1 Å². The molecule has 0 spiro atoms. The van der Waals surface area contributed by atoms with Gasteiger partial charge >= 0.3 is 0 Å². The highest BCUT2D eigenvalue weighted by Gasteiger charge is 2.15. The average molecular weight is 694 g/mol. The zero-order valence-electron chi connectivity index (χ0n) is 28.6.